The molecule has 0 saturated carbocycles. The molecule has 0 bridgehead atoms. The van der Waals surface area contributed by atoms with Gasteiger partial charge in [-0.3, -0.25) is 0 Å². The number of nitrogens with two attached hydrogens (primary N) is 1. The van der Waals surface area contributed by atoms with E-state index < -0.39 is 0 Å². The van der Waals surface area contributed by atoms with Gasteiger partial charge < -0.3 is 5.73 Å². The summed E-state index contributed by atoms with van der Waals surface area (Å²) in [5, 5.41) is 0. The monoisotopic (exact) mass is 319 g/mol. The molecule has 5 heteroatoms. The first-order valence-electron chi connectivity index (χ1n) is 5.59. The molecule has 98 valence electrons. The molecule has 1 unspecified atom stereocenters. The molecule has 0 aromatic carbocycles. The molecule has 0 radical (unpaired) electrons. The Morgan fingerprint density at radius 3 is 2.28 bits per heavy atom. The standard InChI is InChI=1S/C13H15Cl2NS2/c1-13(2,3)9-5-4-8(17-9)11(16)7-6-10(14)18-12(7)15/h4-6,11H,16H2,1-3H3. The normalized spacial score (nSPS) is 13.9. The fourth-order valence-electron chi connectivity index (χ4n) is 1.64. The van der Waals surface area contributed by atoms with E-state index >= 15 is 0 Å². The molecule has 2 aromatic heterocycles. The van der Waals surface area contributed by atoms with Crippen molar-refractivity contribution >= 4 is 45.9 Å². The van der Waals surface area contributed by atoms with Crippen molar-refractivity contribution in [1.29, 1.82) is 0 Å². The third-order valence-corrected chi connectivity index (χ3v) is 5.80. The van der Waals surface area contributed by atoms with Gasteiger partial charge in [-0.05, 0) is 23.6 Å². The Kier molecular flexibility index (Phi) is 4.10. The Balaban J connectivity index is 2.32. The minimum Gasteiger partial charge on any atom is -0.320 e. The third-order valence-electron chi connectivity index (χ3n) is 2.69. The maximum Gasteiger partial charge on any atom is 0.0995 e. The van der Waals surface area contributed by atoms with Crippen LogP contribution in [-0.2, 0) is 5.41 Å². The highest BCUT2D eigenvalue weighted by atomic mass is 35.5. The molecule has 0 aliphatic rings. The van der Waals surface area contributed by atoms with Gasteiger partial charge in [-0.1, -0.05) is 44.0 Å². The topological polar surface area (TPSA) is 26.0 Å². The molecule has 0 aliphatic heterocycles. The van der Waals surface area contributed by atoms with E-state index in [0.29, 0.717) is 8.67 Å². The summed E-state index contributed by atoms with van der Waals surface area (Å²) in [6, 6.07) is 5.89. The van der Waals surface area contributed by atoms with Crippen LogP contribution in [0.3, 0.4) is 0 Å². The second-order valence-electron chi connectivity index (χ2n) is 5.21. The van der Waals surface area contributed by atoms with Crippen molar-refractivity contribution in [2.45, 2.75) is 32.2 Å². The maximum atomic E-state index is 6.26. The average Bonchev–Trinajstić information content (AvgIpc) is 2.83. The van der Waals surface area contributed by atoms with E-state index in [0.717, 1.165) is 10.4 Å². The zero-order valence-electron chi connectivity index (χ0n) is 10.5. The van der Waals surface area contributed by atoms with Crippen LogP contribution >= 0.6 is 45.9 Å². The first-order valence-corrected chi connectivity index (χ1v) is 7.98. The molecule has 0 spiro atoms. The molecule has 2 N–H and O–H groups in total. The van der Waals surface area contributed by atoms with Crippen LogP contribution in [0, 0.1) is 0 Å². The Bertz CT molecular complexity index is 552. The maximum absolute atomic E-state index is 6.26. The zero-order chi connectivity index (χ0) is 13.5. The van der Waals surface area contributed by atoms with Crippen LogP contribution in [0.15, 0.2) is 18.2 Å². The van der Waals surface area contributed by atoms with Gasteiger partial charge in [0.1, 0.15) is 0 Å². The second kappa shape index (κ2) is 5.14. The number of thiophene rings is 2. The largest absolute Gasteiger partial charge is 0.320 e. The predicted molar refractivity (Wildman–Crippen MR) is 83.4 cm³/mol. The van der Waals surface area contributed by atoms with Crippen molar-refractivity contribution in [3.05, 3.63) is 42.2 Å². The van der Waals surface area contributed by atoms with Gasteiger partial charge in [-0.25, -0.2) is 0 Å². The highest BCUT2D eigenvalue weighted by Gasteiger charge is 2.21. The van der Waals surface area contributed by atoms with Gasteiger partial charge in [-0.2, -0.15) is 0 Å². The lowest BCUT2D eigenvalue weighted by Crippen LogP contribution is -2.10. The van der Waals surface area contributed by atoms with E-state index in [1.54, 1.807) is 11.3 Å². The Morgan fingerprint density at radius 2 is 1.83 bits per heavy atom. The number of hydrogen-bond acceptors (Lipinski definition) is 3. The molecule has 2 heterocycles. The molecule has 2 aromatic rings. The summed E-state index contributed by atoms with van der Waals surface area (Å²) in [6.07, 6.45) is 0. The average molecular weight is 320 g/mol. The number of hydrogen-bond donors (Lipinski definition) is 1. The molecule has 0 saturated heterocycles. The molecular weight excluding hydrogens is 305 g/mol. The van der Waals surface area contributed by atoms with Crippen molar-refractivity contribution in [2.75, 3.05) is 0 Å². The lowest BCUT2D eigenvalue weighted by molar-refractivity contribution is 0.604. The summed E-state index contributed by atoms with van der Waals surface area (Å²) < 4.78 is 1.36. The third kappa shape index (κ3) is 2.91. The smallest absolute Gasteiger partial charge is 0.0995 e. The van der Waals surface area contributed by atoms with Crippen molar-refractivity contribution in [2.24, 2.45) is 5.73 Å². The van der Waals surface area contributed by atoms with E-state index in [9.17, 15) is 0 Å². The van der Waals surface area contributed by atoms with E-state index in [1.165, 1.54) is 16.2 Å². The molecule has 1 atom stereocenters. The van der Waals surface area contributed by atoms with Crippen LogP contribution in [0.25, 0.3) is 0 Å². The lowest BCUT2D eigenvalue weighted by atomic mass is 9.95. The van der Waals surface area contributed by atoms with Crippen LogP contribution in [0.5, 0.6) is 0 Å². The summed E-state index contributed by atoms with van der Waals surface area (Å²) in [5.41, 5.74) is 7.32. The van der Waals surface area contributed by atoms with Gasteiger partial charge in [0.25, 0.3) is 0 Å². The first kappa shape index (κ1) is 14.4. The van der Waals surface area contributed by atoms with Gasteiger partial charge >= 0.3 is 0 Å². The van der Waals surface area contributed by atoms with Gasteiger partial charge in [0.2, 0.25) is 0 Å². The van der Waals surface area contributed by atoms with E-state index in [4.69, 9.17) is 28.9 Å². The minimum absolute atomic E-state index is 0.152. The van der Waals surface area contributed by atoms with Crippen molar-refractivity contribution in [3.63, 3.8) is 0 Å². The van der Waals surface area contributed by atoms with Gasteiger partial charge in [0.15, 0.2) is 0 Å². The van der Waals surface area contributed by atoms with Crippen LogP contribution in [-0.4, -0.2) is 0 Å². The SMILES string of the molecule is CC(C)(C)c1ccc(C(N)c2cc(Cl)sc2Cl)s1. The minimum atomic E-state index is -0.192. The highest BCUT2D eigenvalue weighted by Crippen LogP contribution is 2.39. The quantitative estimate of drug-likeness (QED) is 0.781. The molecule has 0 aliphatic carbocycles. The highest BCUT2D eigenvalue weighted by molar-refractivity contribution is 7.20. The van der Waals surface area contributed by atoms with Crippen LogP contribution in [0.4, 0.5) is 0 Å². The Labute approximate surface area is 126 Å². The Morgan fingerprint density at radius 1 is 1.17 bits per heavy atom. The van der Waals surface area contributed by atoms with Crippen molar-refractivity contribution < 1.29 is 0 Å². The summed E-state index contributed by atoms with van der Waals surface area (Å²) in [7, 11) is 0. The lowest BCUT2D eigenvalue weighted by Gasteiger charge is -2.15. The second-order valence-corrected chi connectivity index (χ2v) is 8.61. The van der Waals surface area contributed by atoms with E-state index in [-0.39, 0.29) is 11.5 Å². The summed E-state index contributed by atoms with van der Waals surface area (Å²) in [4.78, 5) is 2.45. The molecule has 18 heavy (non-hydrogen) atoms. The van der Waals surface area contributed by atoms with Crippen molar-refractivity contribution in [1.82, 2.24) is 0 Å². The van der Waals surface area contributed by atoms with Crippen molar-refractivity contribution in [3.8, 4) is 0 Å². The van der Waals surface area contributed by atoms with E-state index in [2.05, 4.69) is 32.9 Å². The Hall–Kier alpha value is -0.0600. The molecule has 0 fully saturated rings. The predicted octanol–water partition coefficient (Wildman–Crippen LogP) is 5.46. The summed E-state index contributed by atoms with van der Waals surface area (Å²) in [5.74, 6) is 0. The number of rotatable bonds is 2. The van der Waals surface area contributed by atoms with Gasteiger partial charge in [0.05, 0.1) is 14.7 Å². The summed E-state index contributed by atoms with van der Waals surface area (Å²) >= 11 is 15.2. The fourth-order valence-corrected chi connectivity index (χ4v) is 4.28. The van der Waals surface area contributed by atoms with Gasteiger partial charge in [0, 0.05) is 15.3 Å². The molecule has 2 rings (SSSR count). The van der Waals surface area contributed by atoms with Crippen LogP contribution in [0.2, 0.25) is 8.67 Å². The van der Waals surface area contributed by atoms with E-state index in [1.807, 2.05) is 6.07 Å². The molecular formula is C13H15Cl2NS2. The van der Waals surface area contributed by atoms with Gasteiger partial charge in [-0.15, -0.1) is 22.7 Å². The summed E-state index contributed by atoms with van der Waals surface area (Å²) in [6.45, 7) is 6.59. The fraction of sp³-hybridized carbons (Fsp3) is 0.385. The number of halogens is 2. The molecule has 0 amide bonds. The molecule has 1 nitrogen and oxygen atoms in total. The van der Waals surface area contributed by atoms with Crippen LogP contribution in [0.1, 0.15) is 42.1 Å². The first-order chi connectivity index (χ1) is 8.29. The zero-order valence-corrected chi connectivity index (χ0v) is 13.6. The van der Waals surface area contributed by atoms with Crippen LogP contribution < -0.4 is 5.73 Å².